The molecule has 0 atom stereocenters. The molecule has 0 N–H and O–H groups in total. The maximum Gasteiger partial charge on any atom is 0.259 e. The van der Waals surface area contributed by atoms with Gasteiger partial charge in [-0.05, 0) is 35.9 Å². The second kappa shape index (κ2) is 9.15. The Morgan fingerprint density at radius 2 is 1.60 bits per heavy atom. The van der Waals surface area contributed by atoms with Gasteiger partial charge in [0.2, 0.25) is 0 Å². The lowest BCUT2D eigenvalue weighted by Crippen LogP contribution is -2.47. The van der Waals surface area contributed by atoms with Crippen LogP contribution >= 0.6 is 11.8 Å². The van der Waals surface area contributed by atoms with E-state index in [9.17, 15) is 9.59 Å². The lowest BCUT2D eigenvalue weighted by Gasteiger charge is -2.37. The number of amides is 2. The molecule has 3 aromatic carbocycles. The average Bonchev–Trinajstić information content (AvgIpc) is 3.31. The van der Waals surface area contributed by atoms with Crippen LogP contribution in [0.15, 0.2) is 82.6 Å². The van der Waals surface area contributed by atoms with E-state index < -0.39 is 5.79 Å². The summed E-state index contributed by atoms with van der Waals surface area (Å²) in [4.78, 5) is 32.7. The van der Waals surface area contributed by atoms with E-state index >= 15 is 0 Å². The molecule has 7 heteroatoms. The summed E-state index contributed by atoms with van der Waals surface area (Å²) in [7, 11) is 0. The van der Waals surface area contributed by atoms with Crippen LogP contribution in [0, 0.1) is 0 Å². The van der Waals surface area contributed by atoms with E-state index in [1.54, 1.807) is 16.7 Å². The molecule has 2 saturated heterocycles. The molecule has 0 aromatic heterocycles. The Balaban J connectivity index is 1.33. The number of nitrogens with zero attached hydrogens (tertiary/aromatic N) is 2. The van der Waals surface area contributed by atoms with Crippen LogP contribution < -0.4 is 4.90 Å². The Morgan fingerprint density at radius 3 is 2.37 bits per heavy atom. The molecular weight excluding hydrogens is 460 g/mol. The van der Waals surface area contributed by atoms with Gasteiger partial charge >= 0.3 is 0 Å². The van der Waals surface area contributed by atoms with Gasteiger partial charge in [-0.3, -0.25) is 9.59 Å². The number of ether oxygens (including phenoxy) is 2. The van der Waals surface area contributed by atoms with Crippen molar-refractivity contribution in [2.24, 2.45) is 0 Å². The van der Waals surface area contributed by atoms with Crippen LogP contribution in [0.5, 0.6) is 0 Å². The van der Waals surface area contributed by atoms with Gasteiger partial charge in [0.25, 0.3) is 11.8 Å². The summed E-state index contributed by atoms with van der Waals surface area (Å²) in [6.45, 7) is 2.83. The number of rotatable bonds is 3. The zero-order chi connectivity index (χ0) is 23.8. The zero-order valence-electron chi connectivity index (χ0n) is 19.3. The molecular formula is C28H26N2O4S. The van der Waals surface area contributed by atoms with Crippen LogP contribution in [0.1, 0.15) is 39.1 Å². The van der Waals surface area contributed by atoms with Crippen molar-refractivity contribution in [1.82, 2.24) is 4.90 Å². The lowest BCUT2D eigenvalue weighted by molar-refractivity contribution is -0.181. The summed E-state index contributed by atoms with van der Waals surface area (Å²) >= 11 is 1.57. The Bertz CT molecular complexity index is 1260. The van der Waals surface area contributed by atoms with Crippen molar-refractivity contribution in [3.8, 4) is 0 Å². The number of carbonyl (C=O) groups excluding carboxylic acids is 2. The molecule has 3 aromatic rings. The molecule has 3 aliphatic heterocycles. The SMILES string of the molecule is O=C(c1ccc2c(c1)N(Cc1ccccc1)C(=O)c1ccccc1S2)N1CCC2(CC1)OCCO2. The number of anilines is 1. The quantitative estimate of drug-likeness (QED) is 0.523. The largest absolute Gasteiger partial charge is 0.347 e. The molecule has 1 spiro atoms. The normalized spacial score (nSPS) is 18.8. The maximum atomic E-state index is 13.7. The van der Waals surface area contributed by atoms with E-state index in [1.165, 1.54) is 0 Å². The first kappa shape index (κ1) is 22.3. The van der Waals surface area contributed by atoms with Crippen molar-refractivity contribution in [2.75, 3.05) is 31.2 Å². The standard InChI is InChI=1S/C28H26N2O4S/c31-26(29-14-12-28(13-15-29)33-16-17-34-28)21-10-11-25-23(18-21)30(19-20-6-2-1-3-7-20)27(32)22-8-4-5-9-24(22)35-25/h1-11,18H,12-17,19H2. The van der Waals surface area contributed by atoms with E-state index in [2.05, 4.69) is 0 Å². The minimum Gasteiger partial charge on any atom is -0.347 e. The fourth-order valence-electron chi connectivity index (χ4n) is 4.99. The second-order valence-electron chi connectivity index (χ2n) is 9.06. The lowest BCUT2D eigenvalue weighted by atomic mass is 10.0. The second-order valence-corrected chi connectivity index (χ2v) is 10.1. The van der Waals surface area contributed by atoms with Gasteiger partial charge in [0.1, 0.15) is 0 Å². The van der Waals surface area contributed by atoms with Gasteiger partial charge < -0.3 is 19.3 Å². The number of piperidine rings is 1. The van der Waals surface area contributed by atoms with Crippen LogP contribution in [0.3, 0.4) is 0 Å². The summed E-state index contributed by atoms with van der Waals surface area (Å²) in [5, 5.41) is 0. The highest BCUT2D eigenvalue weighted by Crippen LogP contribution is 2.42. The van der Waals surface area contributed by atoms with Gasteiger partial charge in [-0.1, -0.05) is 54.2 Å². The fourth-order valence-corrected chi connectivity index (χ4v) is 6.05. The number of hydrogen-bond donors (Lipinski definition) is 0. The zero-order valence-corrected chi connectivity index (χ0v) is 20.1. The Labute approximate surface area is 208 Å². The first-order chi connectivity index (χ1) is 17.1. The summed E-state index contributed by atoms with van der Waals surface area (Å²) < 4.78 is 11.6. The molecule has 0 unspecified atom stereocenters. The Morgan fingerprint density at radius 1 is 0.886 bits per heavy atom. The van der Waals surface area contributed by atoms with Gasteiger partial charge in [0, 0.05) is 41.3 Å². The number of benzene rings is 3. The average molecular weight is 487 g/mol. The maximum absolute atomic E-state index is 13.7. The monoisotopic (exact) mass is 486 g/mol. The molecule has 2 fully saturated rings. The van der Waals surface area contributed by atoms with Crippen LogP contribution in [-0.4, -0.2) is 48.8 Å². The molecule has 178 valence electrons. The first-order valence-corrected chi connectivity index (χ1v) is 12.8. The Kier molecular flexibility index (Phi) is 5.84. The van der Waals surface area contributed by atoms with Gasteiger partial charge in [0.15, 0.2) is 5.79 Å². The predicted molar refractivity (Wildman–Crippen MR) is 134 cm³/mol. The Hall–Kier alpha value is -3.13. The van der Waals surface area contributed by atoms with Crippen LogP contribution in [-0.2, 0) is 16.0 Å². The first-order valence-electron chi connectivity index (χ1n) is 12.0. The molecule has 0 saturated carbocycles. The molecule has 3 heterocycles. The minimum atomic E-state index is -0.522. The van der Waals surface area contributed by atoms with Crippen LogP contribution in [0.2, 0.25) is 0 Å². The van der Waals surface area contributed by atoms with Gasteiger partial charge in [0.05, 0.1) is 31.0 Å². The van der Waals surface area contributed by atoms with Crippen molar-refractivity contribution in [3.05, 3.63) is 89.5 Å². The summed E-state index contributed by atoms with van der Waals surface area (Å²) in [6, 6.07) is 23.4. The molecule has 0 aliphatic carbocycles. The van der Waals surface area contributed by atoms with Crippen molar-refractivity contribution in [2.45, 2.75) is 35.0 Å². The van der Waals surface area contributed by atoms with E-state index in [4.69, 9.17) is 9.47 Å². The number of hydrogen-bond acceptors (Lipinski definition) is 5. The van der Waals surface area contributed by atoms with Crippen LogP contribution in [0.4, 0.5) is 5.69 Å². The molecule has 3 aliphatic rings. The van der Waals surface area contributed by atoms with E-state index in [0.717, 1.165) is 21.0 Å². The van der Waals surface area contributed by atoms with Gasteiger partial charge in [-0.25, -0.2) is 0 Å². The smallest absolute Gasteiger partial charge is 0.259 e. The van der Waals surface area contributed by atoms with Gasteiger partial charge in [-0.2, -0.15) is 0 Å². The third-order valence-electron chi connectivity index (χ3n) is 6.89. The van der Waals surface area contributed by atoms with E-state index in [1.807, 2.05) is 77.7 Å². The summed E-state index contributed by atoms with van der Waals surface area (Å²) in [6.07, 6.45) is 1.35. The van der Waals surface area contributed by atoms with Gasteiger partial charge in [-0.15, -0.1) is 0 Å². The summed E-state index contributed by atoms with van der Waals surface area (Å²) in [5.74, 6) is -0.610. The summed E-state index contributed by atoms with van der Waals surface area (Å²) in [5.41, 5.74) is 3.06. The van der Waals surface area contributed by atoms with E-state index in [-0.39, 0.29) is 11.8 Å². The van der Waals surface area contributed by atoms with Crippen molar-refractivity contribution in [1.29, 1.82) is 0 Å². The van der Waals surface area contributed by atoms with Crippen molar-refractivity contribution >= 4 is 29.3 Å². The molecule has 2 amide bonds. The molecule has 0 radical (unpaired) electrons. The third kappa shape index (κ3) is 4.24. The molecule has 35 heavy (non-hydrogen) atoms. The minimum absolute atomic E-state index is 0.0282. The van der Waals surface area contributed by atoms with Crippen molar-refractivity contribution in [3.63, 3.8) is 0 Å². The highest BCUT2D eigenvalue weighted by molar-refractivity contribution is 7.99. The highest BCUT2D eigenvalue weighted by atomic mass is 32.2. The third-order valence-corrected chi connectivity index (χ3v) is 8.03. The number of carbonyl (C=O) groups is 2. The van der Waals surface area contributed by atoms with E-state index in [0.29, 0.717) is 56.8 Å². The highest BCUT2D eigenvalue weighted by Gasteiger charge is 2.41. The predicted octanol–water partition coefficient (Wildman–Crippen LogP) is 4.98. The fraction of sp³-hybridized carbons (Fsp3) is 0.286. The molecule has 6 nitrogen and oxygen atoms in total. The number of fused-ring (bicyclic) bond motifs is 2. The molecule has 6 rings (SSSR count). The number of likely N-dealkylation sites (tertiary alicyclic amines) is 1. The van der Waals surface area contributed by atoms with Crippen molar-refractivity contribution < 1.29 is 19.1 Å². The topological polar surface area (TPSA) is 59.1 Å². The molecule has 0 bridgehead atoms. The van der Waals surface area contributed by atoms with Crippen LogP contribution in [0.25, 0.3) is 0 Å².